The highest BCUT2D eigenvalue weighted by Gasteiger charge is 2.37. The van der Waals surface area contributed by atoms with Gasteiger partial charge >= 0.3 is 6.18 Å². The van der Waals surface area contributed by atoms with Crippen LogP contribution < -0.4 is 5.32 Å². The lowest BCUT2D eigenvalue weighted by atomic mass is 10.0. The van der Waals surface area contributed by atoms with Gasteiger partial charge in [0.25, 0.3) is 5.91 Å². The number of allylic oxidation sites excluding steroid dienone is 1. The van der Waals surface area contributed by atoms with Crippen LogP contribution in [0.15, 0.2) is 84.1 Å². The van der Waals surface area contributed by atoms with Crippen LogP contribution in [0.2, 0.25) is 0 Å². The summed E-state index contributed by atoms with van der Waals surface area (Å²) in [5, 5.41) is 14.4. The number of benzene rings is 1. The van der Waals surface area contributed by atoms with Crippen LogP contribution >= 0.6 is 0 Å². The Bertz CT molecular complexity index is 1440. The first-order valence-corrected chi connectivity index (χ1v) is 10.9. The zero-order chi connectivity index (χ0) is 25.1. The molecular weight excluding hydrogens is 471 g/mol. The summed E-state index contributed by atoms with van der Waals surface area (Å²) >= 11 is 0. The molecule has 1 aliphatic rings. The van der Waals surface area contributed by atoms with E-state index in [2.05, 4.69) is 30.6 Å². The molecule has 1 amide bonds. The van der Waals surface area contributed by atoms with Crippen LogP contribution in [0, 0.1) is 0 Å². The molecule has 8 nitrogen and oxygen atoms in total. The van der Waals surface area contributed by atoms with Crippen LogP contribution in [0.5, 0.6) is 0 Å². The largest absolute Gasteiger partial charge is 0.433 e. The molecule has 1 atom stereocenters. The van der Waals surface area contributed by atoms with E-state index in [0.29, 0.717) is 15.8 Å². The number of carbonyl (C=O) groups is 1. The Kier molecular flexibility index (Phi) is 6.11. The van der Waals surface area contributed by atoms with Crippen molar-refractivity contribution in [2.24, 2.45) is 4.99 Å². The number of pyridine rings is 1. The Morgan fingerprint density at radius 3 is 2.64 bits per heavy atom. The SMILES string of the molecule is O=C(Nc1ccc(-n2nc(-c3cccnc3)cc2C(F)(F)F)nn1)c1cccc(C2CC=CC=N2)c1. The van der Waals surface area contributed by atoms with Gasteiger partial charge in [-0.15, -0.1) is 10.2 Å². The topological polar surface area (TPSA) is 98.0 Å². The molecule has 1 aromatic carbocycles. The Hall–Kier alpha value is -4.67. The lowest BCUT2D eigenvalue weighted by molar-refractivity contribution is -0.142. The fraction of sp³-hybridized carbons (Fsp3) is 0.120. The number of rotatable bonds is 5. The van der Waals surface area contributed by atoms with Crippen molar-refractivity contribution in [1.82, 2.24) is 25.0 Å². The lowest BCUT2D eigenvalue weighted by Crippen LogP contribution is -2.16. The summed E-state index contributed by atoms with van der Waals surface area (Å²) in [6.45, 7) is 0. The standard InChI is InChI=1S/C25H18F3N7O/c26-25(27,28)21-14-20(18-7-4-11-29-15-18)34-35(21)23-10-9-22(32-33-23)31-24(36)17-6-3-5-16(13-17)19-8-1-2-12-30-19/h1-7,9-15,19H,8H2,(H,31,32,36). The average Bonchev–Trinajstić information content (AvgIpc) is 3.37. The first kappa shape index (κ1) is 23.1. The minimum atomic E-state index is -4.68. The zero-order valence-electron chi connectivity index (χ0n) is 18.6. The number of anilines is 1. The Balaban J connectivity index is 1.37. The average molecular weight is 489 g/mol. The molecule has 0 saturated carbocycles. The summed E-state index contributed by atoms with van der Waals surface area (Å²) in [7, 11) is 0. The minimum Gasteiger partial charge on any atom is -0.305 e. The highest BCUT2D eigenvalue weighted by atomic mass is 19.4. The second-order valence-corrected chi connectivity index (χ2v) is 7.90. The molecule has 0 aliphatic carbocycles. The van der Waals surface area contributed by atoms with E-state index >= 15 is 0 Å². The molecule has 1 aliphatic heterocycles. The number of nitrogens with one attached hydrogen (secondary N) is 1. The number of nitrogens with zero attached hydrogens (tertiary/aromatic N) is 6. The van der Waals surface area contributed by atoms with E-state index in [1.807, 2.05) is 18.2 Å². The predicted octanol–water partition coefficient (Wildman–Crippen LogP) is 5.07. The number of carbonyl (C=O) groups excluding carboxylic acids is 1. The van der Waals surface area contributed by atoms with Gasteiger partial charge in [0.2, 0.25) is 0 Å². The van der Waals surface area contributed by atoms with Crippen LogP contribution in [0.3, 0.4) is 0 Å². The minimum absolute atomic E-state index is 0.0599. The Morgan fingerprint density at radius 2 is 1.94 bits per heavy atom. The fourth-order valence-electron chi connectivity index (χ4n) is 3.70. The molecule has 0 bridgehead atoms. The van der Waals surface area contributed by atoms with Crippen LogP contribution in [0.25, 0.3) is 17.1 Å². The maximum atomic E-state index is 13.7. The van der Waals surface area contributed by atoms with Gasteiger partial charge in [0.1, 0.15) is 0 Å². The van der Waals surface area contributed by atoms with Gasteiger partial charge in [-0.25, -0.2) is 4.68 Å². The molecule has 5 rings (SSSR count). The molecular formula is C25H18F3N7O. The van der Waals surface area contributed by atoms with Gasteiger partial charge in [-0.3, -0.25) is 14.8 Å². The molecule has 4 aromatic rings. The van der Waals surface area contributed by atoms with Gasteiger partial charge in [-0.2, -0.15) is 18.3 Å². The van der Waals surface area contributed by atoms with Crippen LogP contribution in [-0.2, 0) is 6.18 Å². The number of aromatic nitrogens is 5. The molecule has 4 heterocycles. The molecule has 0 fully saturated rings. The van der Waals surface area contributed by atoms with Gasteiger partial charge in [-0.1, -0.05) is 18.2 Å². The lowest BCUT2D eigenvalue weighted by Gasteiger charge is -2.14. The van der Waals surface area contributed by atoms with E-state index in [0.717, 1.165) is 18.1 Å². The maximum Gasteiger partial charge on any atom is 0.433 e. The molecule has 0 saturated heterocycles. The second-order valence-electron chi connectivity index (χ2n) is 7.90. The van der Waals surface area contributed by atoms with Crippen molar-refractivity contribution in [1.29, 1.82) is 0 Å². The van der Waals surface area contributed by atoms with E-state index in [1.54, 1.807) is 36.5 Å². The number of hydrogen-bond donors (Lipinski definition) is 1. The number of hydrogen-bond acceptors (Lipinski definition) is 6. The van der Waals surface area contributed by atoms with E-state index in [1.165, 1.54) is 24.5 Å². The monoisotopic (exact) mass is 489 g/mol. The maximum absolute atomic E-state index is 13.7. The zero-order valence-corrected chi connectivity index (χ0v) is 18.6. The summed E-state index contributed by atoms with van der Waals surface area (Å²) in [5.41, 5.74) is 0.802. The molecule has 3 aromatic heterocycles. The van der Waals surface area contributed by atoms with Gasteiger partial charge in [0, 0.05) is 29.7 Å². The van der Waals surface area contributed by atoms with Crippen LogP contribution in [-0.4, -0.2) is 37.1 Å². The highest BCUT2D eigenvalue weighted by Crippen LogP contribution is 2.33. The number of halogens is 3. The van der Waals surface area contributed by atoms with E-state index < -0.39 is 17.8 Å². The van der Waals surface area contributed by atoms with Gasteiger partial charge in [0.15, 0.2) is 17.3 Å². The fourth-order valence-corrected chi connectivity index (χ4v) is 3.70. The molecule has 11 heteroatoms. The van der Waals surface area contributed by atoms with Gasteiger partial charge in [-0.05, 0) is 60.5 Å². The molecule has 1 N–H and O–H groups in total. The van der Waals surface area contributed by atoms with Crippen molar-refractivity contribution in [3.63, 3.8) is 0 Å². The first-order valence-electron chi connectivity index (χ1n) is 10.9. The summed E-state index contributed by atoms with van der Waals surface area (Å²) in [5.74, 6) is -0.496. The molecule has 0 radical (unpaired) electrons. The third-order valence-corrected chi connectivity index (χ3v) is 5.45. The molecule has 36 heavy (non-hydrogen) atoms. The number of amides is 1. The summed E-state index contributed by atoms with van der Waals surface area (Å²) in [6, 6.07) is 13.8. The smallest absolute Gasteiger partial charge is 0.305 e. The first-order chi connectivity index (χ1) is 17.4. The third-order valence-electron chi connectivity index (χ3n) is 5.45. The van der Waals surface area contributed by atoms with Crippen LogP contribution in [0.1, 0.15) is 34.1 Å². The summed E-state index contributed by atoms with van der Waals surface area (Å²) < 4.78 is 41.7. The normalized spacial score (nSPS) is 15.1. The van der Waals surface area contributed by atoms with Crippen molar-refractivity contribution >= 4 is 17.9 Å². The van der Waals surface area contributed by atoms with Crippen molar-refractivity contribution in [3.05, 3.63) is 96.0 Å². The van der Waals surface area contributed by atoms with Crippen LogP contribution in [0.4, 0.5) is 19.0 Å². The number of aliphatic imine (C=N–C) groups is 1. The predicted molar refractivity (Wildman–Crippen MR) is 127 cm³/mol. The molecule has 0 spiro atoms. The second kappa shape index (κ2) is 9.53. The van der Waals surface area contributed by atoms with E-state index in [9.17, 15) is 18.0 Å². The van der Waals surface area contributed by atoms with Crippen molar-refractivity contribution in [3.8, 4) is 17.1 Å². The highest BCUT2D eigenvalue weighted by molar-refractivity contribution is 6.03. The third kappa shape index (κ3) is 4.90. The van der Waals surface area contributed by atoms with Crippen molar-refractivity contribution < 1.29 is 18.0 Å². The van der Waals surface area contributed by atoms with Gasteiger partial charge < -0.3 is 5.32 Å². The summed E-state index contributed by atoms with van der Waals surface area (Å²) in [4.78, 5) is 21.1. The summed E-state index contributed by atoms with van der Waals surface area (Å²) in [6.07, 6.45) is 4.60. The van der Waals surface area contributed by atoms with E-state index in [4.69, 9.17) is 0 Å². The number of alkyl halides is 3. The Morgan fingerprint density at radius 1 is 1.06 bits per heavy atom. The van der Waals surface area contributed by atoms with Crippen molar-refractivity contribution in [2.75, 3.05) is 5.32 Å². The van der Waals surface area contributed by atoms with Gasteiger partial charge in [0.05, 0.1) is 11.7 Å². The quantitative estimate of drug-likeness (QED) is 0.422. The molecule has 180 valence electrons. The Labute approximate surface area is 203 Å². The van der Waals surface area contributed by atoms with Crippen molar-refractivity contribution in [2.45, 2.75) is 18.6 Å². The van der Waals surface area contributed by atoms with E-state index in [-0.39, 0.29) is 23.4 Å². The number of dihydropyridines is 1. The molecule has 1 unspecified atom stereocenters.